The van der Waals surface area contributed by atoms with Gasteiger partial charge in [0.25, 0.3) is 5.91 Å². The summed E-state index contributed by atoms with van der Waals surface area (Å²) in [5.41, 5.74) is 0.0346. The largest absolute Gasteiger partial charge is 0.491 e. The molecule has 3 aromatic rings. The monoisotopic (exact) mass is 341 g/mol. The van der Waals surface area contributed by atoms with Gasteiger partial charge in [0.1, 0.15) is 11.3 Å². The molecule has 2 aromatic heterocycles. The van der Waals surface area contributed by atoms with Crippen LogP contribution in [0.2, 0.25) is 0 Å². The van der Waals surface area contributed by atoms with E-state index in [-0.39, 0.29) is 17.6 Å². The van der Waals surface area contributed by atoms with Gasteiger partial charge in [-0.3, -0.25) is 4.79 Å². The van der Waals surface area contributed by atoms with E-state index in [1.54, 1.807) is 30.7 Å². The number of hydrogen-bond acceptors (Lipinski definition) is 5. The maximum absolute atomic E-state index is 12.5. The van der Waals surface area contributed by atoms with Crippen LogP contribution in [0, 0.1) is 0 Å². The molecule has 0 aliphatic rings. The first-order valence-electron chi connectivity index (χ1n) is 8.01. The number of aromatic nitrogens is 2. The van der Waals surface area contributed by atoms with Crippen LogP contribution in [0.1, 0.15) is 24.2 Å². The molecule has 0 unspecified atom stereocenters. The van der Waals surface area contributed by atoms with Gasteiger partial charge in [0.05, 0.1) is 18.0 Å². The van der Waals surface area contributed by atoms with Crippen molar-refractivity contribution in [2.24, 2.45) is 0 Å². The molecular weight excluding hydrogens is 322 g/mol. The van der Waals surface area contributed by atoms with Gasteiger partial charge in [0, 0.05) is 43.0 Å². The van der Waals surface area contributed by atoms with E-state index in [1.165, 1.54) is 6.07 Å². The molecule has 130 valence electrons. The van der Waals surface area contributed by atoms with Crippen molar-refractivity contribution < 1.29 is 13.9 Å². The lowest BCUT2D eigenvalue weighted by Crippen LogP contribution is -2.28. The van der Waals surface area contributed by atoms with Crippen LogP contribution < -0.4 is 15.7 Å². The van der Waals surface area contributed by atoms with Gasteiger partial charge in [-0.25, -0.2) is 9.78 Å². The highest BCUT2D eigenvalue weighted by atomic mass is 16.5. The fourth-order valence-corrected chi connectivity index (χ4v) is 2.49. The Morgan fingerprint density at radius 1 is 1.36 bits per heavy atom. The Balaban J connectivity index is 1.82. The second-order valence-electron chi connectivity index (χ2n) is 5.86. The molecule has 3 rings (SSSR count). The molecule has 0 bridgehead atoms. The fraction of sp³-hybridized carbons (Fsp3) is 0.278. The predicted octanol–water partition coefficient (Wildman–Crippen LogP) is 2.21. The van der Waals surface area contributed by atoms with E-state index in [2.05, 4.69) is 10.3 Å². The molecule has 1 N–H and O–H groups in total. The Hall–Kier alpha value is -3.09. The molecule has 7 heteroatoms. The second-order valence-corrected chi connectivity index (χ2v) is 5.86. The summed E-state index contributed by atoms with van der Waals surface area (Å²) in [5.74, 6) is 0.263. The van der Waals surface area contributed by atoms with Crippen LogP contribution >= 0.6 is 0 Å². The summed E-state index contributed by atoms with van der Waals surface area (Å²) in [6.07, 6.45) is 5.16. The molecule has 0 spiro atoms. The zero-order valence-electron chi connectivity index (χ0n) is 14.1. The van der Waals surface area contributed by atoms with Crippen LogP contribution in [-0.2, 0) is 6.54 Å². The van der Waals surface area contributed by atoms with Gasteiger partial charge < -0.3 is 19.0 Å². The molecule has 0 fully saturated rings. The molecule has 0 atom stereocenters. The molecular formula is C18H19N3O4. The number of nitrogens with zero attached hydrogens (tertiary/aromatic N) is 2. The van der Waals surface area contributed by atoms with Gasteiger partial charge in [-0.05, 0) is 26.0 Å². The minimum Gasteiger partial charge on any atom is -0.491 e. The average molecular weight is 341 g/mol. The third-order valence-corrected chi connectivity index (χ3v) is 3.55. The summed E-state index contributed by atoms with van der Waals surface area (Å²) in [6, 6.07) is 6.31. The lowest BCUT2D eigenvalue weighted by Gasteiger charge is -2.11. The van der Waals surface area contributed by atoms with Crippen LogP contribution in [0.5, 0.6) is 5.75 Å². The van der Waals surface area contributed by atoms with Gasteiger partial charge in [0.15, 0.2) is 0 Å². The summed E-state index contributed by atoms with van der Waals surface area (Å²) in [6.45, 7) is 4.83. The van der Waals surface area contributed by atoms with E-state index in [0.717, 1.165) is 0 Å². The average Bonchev–Trinajstić information content (AvgIpc) is 3.06. The molecule has 0 aliphatic carbocycles. The van der Waals surface area contributed by atoms with E-state index in [1.807, 2.05) is 24.6 Å². The molecule has 1 amide bonds. The lowest BCUT2D eigenvalue weighted by molar-refractivity contribution is 0.0953. The van der Waals surface area contributed by atoms with E-state index in [0.29, 0.717) is 29.8 Å². The zero-order chi connectivity index (χ0) is 17.8. The van der Waals surface area contributed by atoms with E-state index in [4.69, 9.17) is 9.15 Å². The summed E-state index contributed by atoms with van der Waals surface area (Å²) >= 11 is 0. The summed E-state index contributed by atoms with van der Waals surface area (Å²) in [7, 11) is 0. The summed E-state index contributed by atoms with van der Waals surface area (Å²) in [4.78, 5) is 28.2. The van der Waals surface area contributed by atoms with E-state index >= 15 is 0 Å². The Bertz CT molecular complexity index is 929. The van der Waals surface area contributed by atoms with Crippen molar-refractivity contribution in [2.45, 2.75) is 26.5 Å². The fourth-order valence-electron chi connectivity index (χ4n) is 2.49. The minimum atomic E-state index is -0.575. The predicted molar refractivity (Wildman–Crippen MR) is 92.8 cm³/mol. The van der Waals surface area contributed by atoms with E-state index in [9.17, 15) is 9.59 Å². The number of amides is 1. The SMILES string of the molecule is CC(C)Oc1ccc2c(C(=O)NCCn3ccnc3)cc(=O)oc2c1. The third kappa shape index (κ3) is 4.06. The number of rotatable bonds is 6. The molecule has 25 heavy (non-hydrogen) atoms. The Morgan fingerprint density at radius 2 is 2.20 bits per heavy atom. The van der Waals surface area contributed by atoms with Gasteiger partial charge >= 0.3 is 5.63 Å². The summed E-state index contributed by atoms with van der Waals surface area (Å²) < 4.78 is 12.7. The van der Waals surface area contributed by atoms with Crippen molar-refractivity contribution in [1.82, 2.24) is 14.9 Å². The third-order valence-electron chi connectivity index (χ3n) is 3.55. The number of fused-ring (bicyclic) bond motifs is 1. The molecule has 1 aromatic carbocycles. The molecule has 0 saturated carbocycles. The van der Waals surface area contributed by atoms with Crippen molar-refractivity contribution in [1.29, 1.82) is 0 Å². The number of ether oxygens (including phenoxy) is 1. The minimum absolute atomic E-state index is 0.00108. The first kappa shape index (κ1) is 16.8. The highest BCUT2D eigenvalue weighted by Crippen LogP contribution is 2.23. The lowest BCUT2D eigenvalue weighted by atomic mass is 10.1. The summed E-state index contributed by atoms with van der Waals surface area (Å²) in [5, 5.41) is 3.37. The Kier molecular flexibility index (Phi) is 4.83. The maximum Gasteiger partial charge on any atom is 0.337 e. The quantitative estimate of drug-likeness (QED) is 0.695. The van der Waals surface area contributed by atoms with Gasteiger partial charge in [-0.15, -0.1) is 0 Å². The molecule has 0 saturated heterocycles. The number of nitrogens with one attached hydrogen (secondary N) is 1. The zero-order valence-corrected chi connectivity index (χ0v) is 14.1. The van der Waals surface area contributed by atoms with Crippen molar-refractivity contribution >= 4 is 16.9 Å². The molecule has 0 radical (unpaired) electrons. The number of benzene rings is 1. The maximum atomic E-state index is 12.5. The van der Waals surface area contributed by atoms with Crippen LogP contribution in [0.4, 0.5) is 0 Å². The Morgan fingerprint density at radius 3 is 2.92 bits per heavy atom. The topological polar surface area (TPSA) is 86.4 Å². The van der Waals surface area contributed by atoms with Crippen LogP contribution in [0.25, 0.3) is 11.0 Å². The van der Waals surface area contributed by atoms with Crippen molar-refractivity contribution in [3.8, 4) is 5.75 Å². The smallest absolute Gasteiger partial charge is 0.337 e. The van der Waals surface area contributed by atoms with Gasteiger partial charge in [-0.1, -0.05) is 0 Å². The number of carbonyl (C=O) groups excluding carboxylic acids is 1. The number of hydrogen-bond donors (Lipinski definition) is 1. The van der Waals surface area contributed by atoms with Crippen molar-refractivity contribution in [3.05, 3.63) is 59.0 Å². The Labute approximate surface area is 144 Å². The van der Waals surface area contributed by atoms with Crippen molar-refractivity contribution in [3.63, 3.8) is 0 Å². The first-order chi connectivity index (χ1) is 12.0. The molecule has 7 nitrogen and oxygen atoms in total. The second kappa shape index (κ2) is 7.21. The normalized spacial score (nSPS) is 11.0. The first-order valence-corrected chi connectivity index (χ1v) is 8.01. The highest BCUT2D eigenvalue weighted by molar-refractivity contribution is 6.05. The van der Waals surface area contributed by atoms with Gasteiger partial charge in [-0.2, -0.15) is 0 Å². The van der Waals surface area contributed by atoms with E-state index < -0.39 is 5.63 Å². The molecule has 2 heterocycles. The molecule has 0 aliphatic heterocycles. The highest BCUT2D eigenvalue weighted by Gasteiger charge is 2.14. The number of imidazole rings is 1. The van der Waals surface area contributed by atoms with Crippen LogP contribution in [0.15, 0.2) is 52.2 Å². The van der Waals surface area contributed by atoms with Gasteiger partial charge in [0.2, 0.25) is 0 Å². The van der Waals surface area contributed by atoms with Crippen molar-refractivity contribution in [2.75, 3.05) is 6.54 Å². The standard InChI is InChI=1S/C18H19N3O4/c1-12(2)24-13-3-4-14-15(10-17(22)25-16(14)9-13)18(23)20-6-8-21-7-5-19-11-21/h3-5,7,9-12H,6,8H2,1-2H3,(H,20,23). The van der Waals surface area contributed by atoms with Crippen LogP contribution in [0.3, 0.4) is 0 Å². The number of carbonyl (C=O) groups is 1. The van der Waals surface area contributed by atoms with Crippen LogP contribution in [-0.4, -0.2) is 28.1 Å².